The molecule has 0 aliphatic heterocycles. The number of hydrogen-bond acceptors (Lipinski definition) is 4. The quantitative estimate of drug-likeness (QED) is 0.814. The molecule has 0 amide bonds. The van der Waals surface area contributed by atoms with Crippen LogP contribution < -0.4 is 11.2 Å². The van der Waals surface area contributed by atoms with Gasteiger partial charge in [0, 0.05) is 18.6 Å². The van der Waals surface area contributed by atoms with Crippen LogP contribution in [0.3, 0.4) is 0 Å². The predicted octanol–water partition coefficient (Wildman–Crippen LogP) is -0.134. The zero-order valence-corrected chi connectivity index (χ0v) is 9.70. The standard InChI is InChI=1S/C11H11N5O2/c1-8(6-15-4-2-3-13-15)16-7-9(5-12)10(17)14-11(16)18/h2-4,7-8H,6H2,1H3,(H,14,17,18). The highest BCUT2D eigenvalue weighted by atomic mass is 16.2. The summed E-state index contributed by atoms with van der Waals surface area (Å²) < 4.78 is 3.00. The second kappa shape index (κ2) is 4.71. The molecule has 1 unspecified atom stereocenters. The van der Waals surface area contributed by atoms with Crippen molar-refractivity contribution in [1.29, 1.82) is 5.26 Å². The molecule has 7 heteroatoms. The van der Waals surface area contributed by atoms with Gasteiger partial charge in [-0.05, 0) is 13.0 Å². The molecule has 0 spiro atoms. The Morgan fingerprint density at radius 1 is 1.56 bits per heavy atom. The van der Waals surface area contributed by atoms with E-state index in [1.807, 2.05) is 6.92 Å². The van der Waals surface area contributed by atoms with Gasteiger partial charge in [-0.2, -0.15) is 10.4 Å². The molecule has 0 fully saturated rings. The van der Waals surface area contributed by atoms with E-state index in [-0.39, 0.29) is 11.6 Å². The molecule has 1 N–H and O–H groups in total. The Balaban J connectivity index is 2.36. The van der Waals surface area contributed by atoms with E-state index in [2.05, 4.69) is 10.1 Å². The van der Waals surface area contributed by atoms with E-state index in [1.54, 1.807) is 29.2 Å². The molecular weight excluding hydrogens is 234 g/mol. The van der Waals surface area contributed by atoms with Crippen molar-refractivity contribution >= 4 is 0 Å². The highest BCUT2D eigenvalue weighted by molar-refractivity contribution is 5.21. The number of nitriles is 1. The predicted molar refractivity (Wildman–Crippen MR) is 63.0 cm³/mol. The van der Waals surface area contributed by atoms with E-state index in [0.717, 1.165) is 0 Å². The van der Waals surface area contributed by atoms with Crippen molar-refractivity contribution in [3.63, 3.8) is 0 Å². The van der Waals surface area contributed by atoms with Gasteiger partial charge in [0.1, 0.15) is 11.6 Å². The van der Waals surface area contributed by atoms with Crippen molar-refractivity contribution in [3.8, 4) is 6.07 Å². The Hall–Kier alpha value is -2.62. The van der Waals surface area contributed by atoms with Crippen molar-refractivity contribution < 1.29 is 0 Å². The van der Waals surface area contributed by atoms with Crippen LogP contribution in [0.4, 0.5) is 0 Å². The van der Waals surface area contributed by atoms with Gasteiger partial charge in [0.15, 0.2) is 0 Å². The molecule has 0 saturated carbocycles. The van der Waals surface area contributed by atoms with Crippen molar-refractivity contribution in [3.05, 3.63) is 51.1 Å². The lowest BCUT2D eigenvalue weighted by molar-refractivity contribution is 0.421. The van der Waals surface area contributed by atoms with Gasteiger partial charge in [0.05, 0.1) is 12.6 Å². The molecule has 0 aliphatic rings. The second-order valence-electron chi connectivity index (χ2n) is 3.90. The molecule has 0 radical (unpaired) electrons. The third kappa shape index (κ3) is 2.22. The summed E-state index contributed by atoms with van der Waals surface area (Å²) in [5.74, 6) is 0. The van der Waals surface area contributed by atoms with Gasteiger partial charge in [-0.25, -0.2) is 4.79 Å². The summed E-state index contributed by atoms with van der Waals surface area (Å²) in [6, 6.07) is 3.31. The van der Waals surface area contributed by atoms with Crippen LogP contribution in [0.15, 0.2) is 34.2 Å². The van der Waals surface area contributed by atoms with Crippen LogP contribution in [-0.2, 0) is 6.54 Å². The Morgan fingerprint density at radius 3 is 2.94 bits per heavy atom. The minimum Gasteiger partial charge on any atom is -0.295 e. The maximum atomic E-state index is 11.6. The Kier molecular flexibility index (Phi) is 3.10. The lowest BCUT2D eigenvalue weighted by Gasteiger charge is -2.14. The number of H-pyrrole nitrogens is 1. The van der Waals surface area contributed by atoms with Gasteiger partial charge in [-0.15, -0.1) is 0 Å². The molecule has 0 bridgehead atoms. The van der Waals surface area contributed by atoms with Crippen molar-refractivity contribution in [1.82, 2.24) is 19.3 Å². The molecule has 2 aromatic rings. The lowest BCUT2D eigenvalue weighted by atomic mass is 10.3. The summed E-state index contributed by atoms with van der Waals surface area (Å²) in [4.78, 5) is 25.0. The van der Waals surface area contributed by atoms with E-state index in [0.29, 0.717) is 6.54 Å². The van der Waals surface area contributed by atoms with E-state index in [4.69, 9.17) is 5.26 Å². The number of hydrogen-bond donors (Lipinski definition) is 1. The molecule has 0 aromatic carbocycles. The van der Waals surface area contributed by atoms with Crippen LogP contribution in [0.2, 0.25) is 0 Å². The van der Waals surface area contributed by atoms with E-state index >= 15 is 0 Å². The molecule has 0 saturated heterocycles. The largest absolute Gasteiger partial charge is 0.328 e. The minimum atomic E-state index is -0.662. The lowest BCUT2D eigenvalue weighted by Crippen LogP contribution is -2.34. The molecule has 7 nitrogen and oxygen atoms in total. The third-order valence-electron chi connectivity index (χ3n) is 2.57. The van der Waals surface area contributed by atoms with Gasteiger partial charge >= 0.3 is 5.69 Å². The van der Waals surface area contributed by atoms with Crippen LogP contribution in [0.25, 0.3) is 0 Å². The highest BCUT2D eigenvalue weighted by Gasteiger charge is 2.10. The fourth-order valence-electron chi connectivity index (χ4n) is 1.66. The Bertz CT molecular complexity index is 689. The van der Waals surface area contributed by atoms with Crippen LogP contribution in [0.1, 0.15) is 18.5 Å². The number of aromatic amines is 1. The number of nitrogens with zero attached hydrogens (tertiary/aromatic N) is 4. The number of rotatable bonds is 3. The van der Waals surface area contributed by atoms with Crippen LogP contribution >= 0.6 is 0 Å². The van der Waals surface area contributed by atoms with Gasteiger partial charge in [-0.1, -0.05) is 0 Å². The summed E-state index contributed by atoms with van der Waals surface area (Å²) in [6.07, 6.45) is 4.69. The zero-order chi connectivity index (χ0) is 13.1. The summed E-state index contributed by atoms with van der Waals surface area (Å²) in [7, 11) is 0. The minimum absolute atomic E-state index is 0.0816. The molecule has 1 atom stereocenters. The molecule has 0 aliphatic carbocycles. The molecule has 2 heterocycles. The Labute approximate surface area is 102 Å². The van der Waals surface area contributed by atoms with E-state index in [1.165, 1.54) is 10.8 Å². The first-order chi connectivity index (χ1) is 8.61. The summed E-state index contributed by atoms with van der Waals surface area (Å²) in [6.45, 7) is 2.28. The second-order valence-corrected chi connectivity index (χ2v) is 3.90. The molecular formula is C11H11N5O2. The molecule has 2 aromatic heterocycles. The van der Waals surface area contributed by atoms with Crippen LogP contribution in [-0.4, -0.2) is 19.3 Å². The summed E-state index contributed by atoms with van der Waals surface area (Å²) in [5.41, 5.74) is -1.27. The first kappa shape index (κ1) is 11.9. The van der Waals surface area contributed by atoms with E-state index < -0.39 is 11.2 Å². The average Bonchev–Trinajstić information content (AvgIpc) is 2.81. The highest BCUT2D eigenvalue weighted by Crippen LogP contribution is 2.04. The van der Waals surface area contributed by atoms with Crippen molar-refractivity contribution in [2.45, 2.75) is 19.5 Å². The summed E-state index contributed by atoms with van der Waals surface area (Å²) in [5, 5.41) is 12.8. The van der Waals surface area contributed by atoms with Gasteiger partial charge in [0.25, 0.3) is 5.56 Å². The first-order valence-electron chi connectivity index (χ1n) is 5.35. The molecule has 92 valence electrons. The molecule has 2 rings (SSSR count). The third-order valence-corrected chi connectivity index (χ3v) is 2.57. The Morgan fingerprint density at radius 2 is 2.33 bits per heavy atom. The first-order valence-corrected chi connectivity index (χ1v) is 5.35. The zero-order valence-electron chi connectivity index (χ0n) is 9.70. The van der Waals surface area contributed by atoms with Crippen molar-refractivity contribution in [2.75, 3.05) is 0 Å². The van der Waals surface area contributed by atoms with Crippen molar-refractivity contribution in [2.24, 2.45) is 0 Å². The fourth-order valence-corrected chi connectivity index (χ4v) is 1.66. The normalized spacial score (nSPS) is 12.0. The monoisotopic (exact) mass is 245 g/mol. The fraction of sp³-hybridized carbons (Fsp3) is 0.273. The van der Waals surface area contributed by atoms with Crippen LogP contribution in [0, 0.1) is 11.3 Å². The summed E-state index contributed by atoms with van der Waals surface area (Å²) >= 11 is 0. The molecule has 18 heavy (non-hydrogen) atoms. The van der Waals surface area contributed by atoms with Gasteiger partial charge in [-0.3, -0.25) is 19.0 Å². The number of aromatic nitrogens is 4. The van der Waals surface area contributed by atoms with Gasteiger partial charge < -0.3 is 0 Å². The number of nitrogens with one attached hydrogen (secondary N) is 1. The maximum absolute atomic E-state index is 11.6. The SMILES string of the molecule is CC(Cn1cccn1)n1cc(C#N)c(=O)[nH]c1=O. The van der Waals surface area contributed by atoms with E-state index in [9.17, 15) is 9.59 Å². The smallest absolute Gasteiger partial charge is 0.295 e. The topological polar surface area (TPSA) is 96.5 Å². The van der Waals surface area contributed by atoms with Gasteiger partial charge in [0.2, 0.25) is 0 Å². The van der Waals surface area contributed by atoms with Crippen LogP contribution in [0.5, 0.6) is 0 Å². The maximum Gasteiger partial charge on any atom is 0.328 e. The average molecular weight is 245 g/mol.